The molecule has 96 valence electrons. The minimum atomic E-state index is -0.533. The monoisotopic (exact) mass is 296 g/mol. The van der Waals surface area contributed by atoms with Crippen LogP contribution in [0.2, 0.25) is 10.0 Å². The van der Waals surface area contributed by atoms with Crippen LogP contribution in [-0.4, -0.2) is 11.9 Å². The summed E-state index contributed by atoms with van der Waals surface area (Å²) in [5.74, 6) is -0.142. The SMILES string of the molecule is CC(C)C(N)C(=O)Nc1ccc(Cl)c(Cl)c1.Cl. The van der Waals surface area contributed by atoms with Gasteiger partial charge in [0, 0.05) is 5.69 Å². The number of carbonyl (C=O) groups excluding carboxylic acids is 1. The van der Waals surface area contributed by atoms with Crippen LogP contribution in [0.1, 0.15) is 13.8 Å². The van der Waals surface area contributed by atoms with Gasteiger partial charge in [0.1, 0.15) is 0 Å². The average molecular weight is 298 g/mol. The fourth-order valence-corrected chi connectivity index (χ4v) is 1.40. The summed E-state index contributed by atoms with van der Waals surface area (Å²) in [4.78, 5) is 11.6. The lowest BCUT2D eigenvalue weighted by atomic mass is 10.1. The lowest BCUT2D eigenvalue weighted by molar-refractivity contribution is -0.118. The average Bonchev–Trinajstić information content (AvgIpc) is 2.22. The van der Waals surface area contributed by atoms with Crippen LogP contribution in [0, 0.1) is 5.92 Å². The fraction of sp³-hybridized carbons (Fsp3) is 0.364. The Morgan fingerprint density at radius 2 is 1.88 bits per heavy atom. The second-order valence-electron chi connectivity index (χ2n) is 3.89. The number of amides is 1. The van der Waals surface area contributed by atoms with E-state index >= 15 is 0 Å². The first-order valence-corrected chi connectivity index (χ1v) is 5.69. The molecule has 3 N–H and O–H groups in total. The lowest BCUT2D eigenvalue weighted by Gasteiger charge is -2.15. The lowest BCUT2D eigenvalue weighted by Crippen LogP contribution is -2.39. The first kappa shape index (κ1) is 16.5. The van der Waals surface area contributed by atoms with Crippen molar-refractivity contribution in [2.24, 2.45) is 11.7 Å². The van der Waals surface area contributed by atoms with E-state index in [1.807, 2.05) is 13.8 Å². The molecule has 0 aliphatic rings. The normalized spacial score (nSPS) is 11.9. The van der Waals surface area contributed by atoms with Gasteiger partial charge in [-0.25, -0.2) is 0 Å². The number of halogens is 3. The molecule has 0 aliphatic carbocycles. The highest BCUT2D eigenvalue weighted by Crippen LogP contribution is 2.25. The van der Waals surface area contributed by atoms with Crippen molar-refractivity contribution in [2.45, 2.75) is 19.9 Å². The zero-order valence-corrected chi connectivity index (χ0v) is 11.9. The van der Waals surface area contributed by atoms with E-state index in [-0.39, 0.29) is 24.2 Å². The Morgan fingerprint density at radius 3 is 2.35 bits per heavy atom. The van der Waals surface area contributed by atoms with Gasteiger partial charge in [-0.2, -0.15) is 0 Å². The smallest absolute Gasteiger partial charge is 0.241 e. The fourth-order valence-electron chi connectivity index (χ4n) is 1.10. The van der Waals surface area contributed by atoms with Crippen molar-refractivity contribution in [1.29, 1.82) is 0 Å². The molecule has 1 aromatic carbocycles. The van der Waals surface area contributed by atoms with Crippen molar-refractivity contribution in [2.75, 3.05) is 5.32 Å². The van der Waals surface area contributed by atoms with Gasteiger partial charge in [-0.1, -0.05) is 37.0 Å². The molecular formula is C11H15Cl3N2O. The van der Waals surface area contributed by atoms with E-state index in [1.165, 1.54) is 0 Å². The zero-order valence-electron chi connectivity index (χ0n) is 9.54. The van der Waals surface area contributed by atoms with E-state index in [0.29, 0.717) is 15.7 Å². The zero-order chi connectivity index (χ0) is 12.3. The van der Waals surface area contributed by atoms with Crippen LogP contribution < -0.4 is 11.1 Å². The molecule has 1 atom stereocenters. The second kappa shape index (κ2) is 7.07. The largest absolute Gasteiger partial charge is 0.325 e. The molecule has 0 spiro atoms. The van der Waals surface area contributed by atoms with Crippen LogP contribution >= 0.6 is 35.6 Å². The van der Waals surface area contributed by atoms with Gasteiger partial charge in [0.2, 0.25) is 5.91 Å². The first-order chi connectivity index (χ1) is 7.41. The first-order valence-electron chi connectivity index (χ1n) is 4.93. The summed E-state index contributed by atoms with van der Waals surface area (Å²) >= 11 is 11.6. The van der Waals surface area contributed by atoms with E-state index in [2.05, 4.69) is 5.32 Å². The second-order valence-corrected chi connectivity index (χ2v) is 4.70. The van der Waals surface area contributed by atoms with Crippen molar-refractivity contribution in [3.8, 4) is 0 Å². The third-order valence-corrected chi connectivity index (χ3v) is 2.95. The predicted molar refractivity (Wildman–Crippen MR) is 75.2 cm³/mol. The molecule has 0 aromatic heterocycles. The van der Waals surface area contributed by atoms with Gasteiger partial charge >= 0.3 is 0 Å². The highest BCUT2D eigenvalue weighted by molar-refractivity contribution is 6.42. The van der Waals surface area contributed by atoms with Crippen LogP contribution in [0.3, 0.4) is 0 Å². The number of hydrogen-bond donors (Lipinski definition) is 2. The molecule has 0 bridgehead atoms. The number of carbonyl (C=O) groups is 1. The van der Waals surface area contributed by atoms with Crippen molar-refractivity contribution in [3.05, 3.63) is 28.2 Å². The number of hydrogen-bond acceptors (Lipinski definition) is 2. The molecule has 1 amide bonds. The predicted octanol–water partition coefficient (Wildman–Crippen LogP) is 3.34. The summed E-state index contributed by atoms with van der Waals surface area (Å²) in [5, 5.41) is 3.54. The highest BCUT2D eigenvalue weighted by Gasteiger charge is 2.17. The molecule has 3 nitrogen and oxygen atoms in total. The summed E-state index contributed by atoms with van der Waals surface area (Å²) in [5.41, 5.74) is 6.30. The number of benzene rings is 1. The molecule has 1 aromatic rings. The minimum absolute atomic E-state index is 0. The Labute approximate surface area is 117 Å². The van der Waals surface area contributed by atoms with Gasteiger partial charge in [-0.3, -0.25) is 4.79 Å². The van der Waals surface area contributed by atoms with E-state index in [9.17, 15) is 4.79 Å². The Morgan fingerprint density at radius 1 is 1.29 bits per heavy atom. The standard InChI is InChI=1S/C11H14Cl2N2O.ClH/c1-6(2)10(14)11(16)15-7-3-4-8(12)9(13)5-7;/h3-6,10H,14H2,1-2H3,(H,15,16);1H. The maximum Gasteiger partial charge on any atom is 0.241 e. The van der Waals surface area contributed by atoms with Crippen LogP contribution in [0.4, 0.5) is 5.69 Å². The molecule has 0 aliphatic heterocycles. The van der Waals surface area contributed by atoms with Crippen molar-refractivity contribution < 1.29 is 4.79 Å². The summed E-state index contributed by atoms with van der Waals surface area (Å²) in [6.07, 6.45) is 0. The number of rotatable bonds is 3. The summed E-state index contributed by atoms with van der Waals surface area (Å²) in [6, 6.07) is 4.36. The van der Waals surface area contributed by atoms with E-state index in [1.54, 1.807) is 18.2 Å². The van der Waals surface area contributed by atoms with Gasteiger partial charge in [0.15, 0.2) is 0 Å². The van der Waals surface area contributed by atoms with Gasteiger partial charge in [0.05, 0.1) is 16.1 Å². The number of nitrogens with two attached hydrogens (primary N) is 1. The van der Waals surface area contributed by atoms with Crippen LogP contribution in [0.5, 0.6) is 0 Å². The summed E-state index contributed by atoms with van der Waals surface area (Å²) in [6.45, 7) is 3.78. The molecule has 0 fully saturated rings. The minimum Gasteiger partial charge on any atom is -0.325 e. The van der Waals surface area contributed by atoms with Gasteiger partial charge in [-0.05, 0) is 24.1 Å². The Bertz CT molecular complexity index is 396. The molecule has 1 unspecified atom stereocenters. The molecule has 0 radical (unpaired) electrons. The maximum absolute atomic E-state index is 11.6. The summed E-state index contributed by atoms with van der Waals surface area (Å²) in [7, 11) is 0. The number of nitrogens with one attached hydrogen (secondary N) is 1. The van der Waals surface area contributed by atoms with Gasteiger partial charge < -0.3 is 11.1 Å². The van der Waals surface area contributed by atoms with Gasteiger partial charge in [0.25, 0.3) is 0 Å². The van der Waals surface area contributed by atoms with Crippen LogP contribution in [0.25, 0.3) is 0 Å². The third-order valence-electron chi connectivity index (χ3n) is 2.21. The van der Waals surface area contributed by atoms with Crippen LogP contribution in [0.15, 0.2) is 18.2 Å². The van der Waals surface area contributed by atoms with Crippen molar-refractivity contribution in [3.63, 3.8) is 0 Å². The summed E-state index contributed by atoms with van der Waals surface area (Å²) < 4.78 is 0. The quantitative estimate of drug-likeness (QED) is 0.899. The molecule has 0 saturated carbocycles. The van der Waals surface area contributed by atoms with E-state index in [4.69, 9.17) is 28.9 Å². The molecule has 1 rings (SSSR count). The molecule has 6 heteroatoms. The third kappa shape index (κ3) is 4.72. The van der Waals surface area contributed by atoms with Crippen molar-refractivity contribution >= 4 is 47.2 Å². The topological polar surface area (TPSA) is 55.1 Å². The van der Waals surface area contributed by atoms with Gasteiger partial charge in [-0.15, -0.1) is 12.4 Å². The van der Waals surface area contributed by atoms with Crippen LogP contribution in [-0.2, 0) is 4.79 Å². The molecule has 17 heavy (non-hydrogen) atoms. The van der Waals surface area contributed by atoms with E-state index in [0.717, 1.165) is 0 Å². The molecular weight excluding hydrogens is 282 g/mol. The van der Waals surface area contributed by atoms with E-state index < -0.39 is 6.04 Å². The van der Waals surface area contributed by atoms with Crippen molar-refractivity contribution in [1.82, 2.24) is 0 Å². The Hall–Kier alpha value is -0.480. The highest BCUT2D eigenvalue weighted by atomic mass is 35.5. The Kier molecular flexibility index (Phi) is 6.87. The molecule has 0 heterocycles. The maximum atomic E-state index is 11.6. The molecule has 0 saturated heterocycles. The number of anilines is 1. The Balaban J connectivity index is 0.00000256.